The molecule has 2 aliphatic rings. The first kappa shape index (κ1) is 10.7. The summed E-state index contributed by atoms with van der Waals surface area (Å²) in [5.74, 6) is 1.05. The molecule has 0 amide bonds. The normalized spacial score (nSPS) is 25.1. The number of alkyl halides is 1. The van der Waals surface area contributed by atoms with Crippen LogP contribution in [0.25, 0.3) is 0 Å². The molecule has 0 bridgehead atoms. The Morgan fingerprint density at radius 2 is 2.19 bits per heavy atom. The van der Waals surface area contributed by atoms with Gasteiger partial charge in [-0.25, -0.2) is 0 Å². The molecule has 0 radical (unpaired) electrons. The molecule has 86 valence electrons. The van der Waals surface area contributed by atoms with E-state index < -0.39 is 0 Å². The molecule has 16 heavy (non-hydrogen) atoms. The van der Waals surface area contributed by atoms with Crippen LogP contribution in [0, 0.1) is 0 Å². The van der Waals surface area contributed by atoms with Crippen LogP contribution in [0.1, 0.15) is 42.3 Å². The van der Waals surface area contributed by atoms with Crippen molar-refractivity contribution in [2.75, 3.05) is 6.61 Å². The zero-order valence-corrected chi connectivity index (χ0v) is 11.0. The Morgan fingerprint density at radius 3 is 2.94 bits per heavy atom. The Morgan fingerprint density at radius 1 is 1.44 bits per heavy atom. The van der Waals surface area contributed by atoms with E-state index in [1.807, 2.05) is 6.07 Å². The van der Waals surface area contributed by atoms with Gasteiger partial charge >= 0.3 is 0 Å². The molecule has 0 saturated carbocycles. The molecule has 3 heteroatoms. The standard InChI is InChI=1S/C13H14Cl2O/c1-13(2)6-9(15)10-8(14)5-7-3-4-16-12(7)11(10)13/h5,9H,3-4,6H2,1-2H3. The van der Waals surface area contributed by atoms with Crippen LogP contribution in [0.3, 0.4) is 0 Å². The number of rotatable bonds is 0. The fourth-order valence-electron chi connectivity index (χ4n) is 2.94. The van der Waals surface area contributed by atoms with E-state index in [1.165, 1.54) is 11.1 Å². The lowest BCUT2D eigenvalue weighted by Gasteiger charge is -2.21. The molecule has 3 rings (SSSR count). The lowest BCUT2D eigenvalue weighted by Crippen LogP contribution is -2.13. The van der Waals surface area contributed by atoms with Gasteiger partial charge in [-0.15, -0.1) is 11.6 Å². The zero-order chi connectivity index (χ0) is 11.5. The minimum Gasteiger partial charge on any atom is -0.493 e. The smallest absolute Gasteiger partial charge is 0.126 e. The molecule has 1 aliphatic heterocycles. The summed E-state index contributed by atoms with van der Waals surface area (Å²) < 4.78 is 5.76. The molecule has 1 aromatic carbocycles. The number of benzene rings is 1. The van der Waals surface area contributed by atoms with Gasteiger partial charge in [-0.1, -0.05) is 25.4 Å². The van der Waals surface area contributed by atoms with Crippen LogP contribution in [0.15, 0.2) is 6.07 Å². The van der Waals surface area contributed by atoms with Crippen LogP contribution in [-0.4, -0.2) is 6.61 Å². The Labute approximate surface area is 106 Å². The van der Waals surface area contributed by atoms with Crippen molar-refractivity contribution in [3.05, 3.63) is 27.8 Å². The average molecular weight is 257 g/mol. The monoisotopic (exact) mass is 256 g/mol. The molecule has 1 unspecified atom stereocenters. The van der Waals surface area contributed by atoms with Crippen molar-refractivity contribution in [3.8, 4) is 5.75 Å². The maximum Gasteiger partial charge on any atom is 0.126 e. The second-order valence-electron chi connectivity index (χ2n) is 5.29. The van der Waals surface area contributed by atoms with Crippen LogP contribution < -0.4 is 4.74 Å². The highest BCUT2D eigenvalue weighted by Gasteiger charge is 2.41. The maximum atomic E-state index is 6.39. The number of ether oxygens (including phenoxy) is 1. The molecular formula is C13H14Cl2O. The molecule has 1 aromatic rings. The molecule has 1 heterocycles. The summed E-state index contributed by atoms with van der Waals surface area (Å²) in [5, 5.41) is 0.830. The van der Waals surface area contributed by atoms with E-state index in [4.69, 9.17) is 27.9 Å². The van der Waals surface area contributed by atoms with Crippen molar-refractivity contribution in [1.29, 1.82) is 0 Å². The van der Waals surface area contributed by atoms with Crippen molar-refractivity contribution in [2.24, 2.45) is 0 Å². The highest BCUT2D eigenvalue weighted by Crippen LogP contribution is 2.55. The maximum absolute atomic E-state index is 6.39. The van der Waals surface area contributed by atoms with E-state index in [0.717, 1.165) is 35.8 Å². The molecule has 0 saturated heterocycles. The first-order valence-electron chi connectivity index (χ1n) is 5.63. The number of halogens is 2. The Hall–Kier alpha value is -0.400. The minimum absolute atomic E-state index is 0.0204. The van der Waals surface area contributed by atoms with Crippen molar-refractivity contribution >= 4 is 23.2 Å². The zero-order valence-electron chi connectivity index (χ0n) is 9.44. The molecule has 1 nitrogen and oxygen atoms in total. The van der Waals surface area contributed by atoms with Crippen molar-refractivity contribution < 1.29 is 4.74 Å². The lowest BCUT2D eigenvalue weighted by atomic mass is 9.85. The van der Waals surface area contributed by atoms with Crippen LogP contribution in [0.4, 0.5) is 0 Å². The van der Waals surface area contributed by atoms with Crippen LogP contribution in [-0.2, 0) is 11.8 Å². The van der Waals surface area contributed by atoms with Gasteiger partial charge in [0.15, 0.2) is 0 Å². The van der Waals surface area contributed by atoms with Crippen LogP contribution in [0.5, 0.6) is 5.75 Å². The largest absolute Gasteiger partial charge is 0.493 e. The van der Waals surface area contributed by atoms with E-state index >= 15 is 0 Å². The summed E-state index contributed by atoms with van der Waals surface area (Å²) in [7, 11) is 0. The Kier molecular flexibility index (Phi) is 2.22. The van der Waals surface area contributed by atoms with Crippen LogP contribution >= 0.6 is 23.2 Å². The molecule has 1 aliphatic carbocycles. The average Bonchev–Trinajstić information content (AvgIpc) is 2.68. The fourth-order valence-corrected chi connectivity index (χ4v) is 3.97. The fraction of sp³-hybridized carbons (Fsp3) is 0.538. The highest BCUT2D eigenvalue weighted by atomic mass is 35.5. The van der Waals surface area contributed by atoms with E-state index in [2.05, 4.69) is 13.8 Å². The van der Waals surface area contributed by atoms with E-state index in [9.17, 15) is 0 Å². The second-order valence-corrected chi connectivity index (χ2v) is 6.22. The third-order valence-corrected chi connectivity index (χ3v) is 4.33. The quantitative estimate of drug-likeness (QED) is 0.632. The molecule has 0 aromatic heterocycles. The van der Waals surface area contributed by atoms with Crippen LogP contribution in [0.2, 0.25) is 5.02 Å². The van der Waals surface area contributed by atoms with Gasteiger partial charge in [-0.05, 0) is 29.0 Å². The van der Waals surface area contributed by atoms with Gasteiger partial charge in [-0.2, -0.15) is 0 Å². The van der Waals surface area contributed by atoms with Gasteiger partial charge in [0.1, 0.15) is 5.75 Å². The summed E-state index contributed by atoms with van der Waals surface area (Å²) in [6, 6.07) is 2.03. The number of hydrogen-bond donors (Lipinski definition) is 0. The lowest BCUT2D eigenvalue weighted by molar-refractivity contribution is 0.346. The third kappa shape index (κ3) is 1.31. The van der Waals surface area contributed by atoms with Crippen molar-refractivity contribution in [1.82, 2.24) is 0 Å². The first-order chi connectivity index (χ1) is 7.50. The summed E-state index contributed by atoms with van der Waals surface area (Å²) in [4.78, 5) is 0. The van der Waals surface area contributed by atoms with Gasteiger partial charge in [-0.3, -0.25) is 0 Å². The van der Waals surface area contributed by atoms with Crippen molar-refractivity contribution in [3.63, 3.8) is 0 Å². The van der Waals surface area contributed by atoms with Gasteiger partial charge in [0.25, 0.3) is 0 Å². The predicted molar refractivity (Wildman–Crippen MR) is 66.9 cm³/mol. The Bertz CT molecular complexity index is 465. The third-order valence-electron chi connectivity index (χ3n) is 3.64. The molecule has 0 fully saturated rings. The van der Waals surface area contributed by atoms with Gasteiger partial charge < -0.3 is 4.74 Å². The number of fused-ring (bicyclic) bond motifs is 3. The Balaban J connectivity index is 2.33. The SMILES string of the molecule is CC1(C)CC(Cl)c2c(Cl)cc3c(c21)OCC3. The first-order valence-corrected chi connectivity index (χ1v) is 6.45. The van der Waals surface area contributed by atoms with Gasteiger partial charge in [0, 0.05) is 17.0 Å². The molecule has 0 spiro atoms. The van der Waals surface area contributed by atoms with Gasteiger partial charge in [0.05, 0.1) is 12.0 Å². The van der Waals surface area contributed by atoms with Gasteiger partial charge in [0.2, 0.25) is 0 Å². The topological polar surface area (TPSA) is 9.23 Å². The summed E-state index contributed by atoms with van der Waals surface area (Å²) in [5.41, 5.74) is 3.64. The minimum atomic E-state index is 0.0204. The summed E-state index contributed by atoms with van der Waals surface area (Å²) in [6.07, 6.45) is 1.90. The van der Waals surface area contributed by atoms with E-state index in [1.54, 1.807) is 0 Å². The molecule has 0 N–H and O–H groups in total. The summed E-state index contributed by atoms with van der Waals surface area (Å²) in [6.45, 7) is 5.20. The van der Waals surface area contributed by atoms with E-state index in [-0.39, 0.29) is 10.8 Å². The highest BCUT2D eigenvalue weighted by molar-refractivity contribution is 6.33. The summed E-state index contributed by atoms with van der Waals surface area (Å²) >= 11 is 12.7. The molecule has 1 atom stereocenters. The molecular weight excluding hydrogens is 243 g/mol. The number of hydrogen-bond acceptors (Lipinski definition) is 1. The van der Waals surface area contributed by atoms with E-state index in [0.29, 0.717) is 0 Å². The second kappa shape index (κ2) is 3.30. The predicted octanol–water partition coefficient (Wildman–Crippen LogP) is 4.24. The van der Waals surface area contributed by atoms with Crippen molar-refractivity contribution in [2.45, 2.75) is 37.5 Å².